The van der Waals surface area contributed by atoms with E-state index >= 15 is 0 Å². The van der Waals surface area contributed by atoms with Crippen LogP contribution in [0.5, 0.6) is 0 Å². The van der Waals surface area contributed by atoms with Crippen LogP contribution in [0.3, 0.4) is 0 Å². The molecule has 3 N–H and O–H groups in total. The smallest absolute Gasteiger partial charge is 0.407 e. The summed E-state index contributed by atoms with van der Waals surface area (Å²) in [5.41, 5.74) is 4.56. The molecule has 0 bridgehead atoms. The zero-order valence-corrected chi connectivity index (χ0v) is 17.3. The fourth-order valence-corrected chi connectivity index (χ4v) is 4.48. The van der Waals surface area contributed by atoms with E-state index in [1.165, 1.54) is 0 Å². The first-order valence-electron chi connectivity index (χ1n) is 10.6. The molecule has 0 aromatic heterocycles. The number of carboxylic acids is 1. The van der Waals surface area contributed by atoms with E-state index in [-0.39, 0.29) is 36.8 Å². The molecule has 2 aromatic carbocycles. The Morgan fingerprint density at radius 1 is 1.03 bits per heavy atom. The summed E-state index contributed by atoms with van der Waals surface area (Å²) in [6.07, 6.45) is 0.785. The lowest BCUT2D eigenvalue weighted by Crippen LogP contribution is -2.52. The summed E-state index contributed by atoms with van der Waals surface area (Å²) in [6.45, 7) is 1.79. The maximum absolute atomic E-state index is 12.3. The summed E-state index contributed by atoms with van der Waals surface area (Å²) in [5.74, 6) is -1.05. The minimum atomic E-state index is -0.819. The largest absolute Gasteiger partial charge is 0.481 e. The second-order valence-corrected chi connectivity index (χ2v) is 8.33. The molecule has 162 valence electrons. The molecule has 2 amide bonds. The van der Waals surface area contributed by atoms with E-state index in [4.69, 9.17) is 9.84 Å². The molecule has 2 aliphatic carbocycles. The van der Waals surface area contributed by atoms with Gasteiger partial charge in [0.2, 0.25) is 5.91 Å². The fourth-order valence-electron chi connectivity index (χ4n) is 4.48. The Morgan fingerprint density at radius 2 is 1.61 bits per heavy atom. The van der Waals surface area contributed by atoms with Gasteiger partial charge in [0.15, 0.2) is 0 Å². The van der Waals surface area contributed by atoms with Crippen molar-refractivity contribution in [3.05, 3.63) is 59.7 Å². The Labute approximate surface area is 180 Å². The molecule has 4 rings (SSSR count). The van der Waals surface area contributed by atoms with Crippen molar-refractivity contribution in [2.75, 3.05) is 6.61 Å². The van der Waals surface area contributed by atoms with E-state index in [1.807, 2.05) is 36.4 Å². The molecule has 31 heavy (non-hydrogen) atoms. The molecule has 1 fully saturated rings. The van der Waals surface area contributed by atoms with Crippen LogP contribution in [0.15, 0.2) is 48.5 Å². The average molecular weight is 422 g/mol. The fraction of sp³-hybridized carbons (Fsp3) is 0.375. The molecule has 7 heteroatoms. The third kappa shape index (κ3) is 4.55. The van der Waals surface area contributed by atoms with Gasteiger partial charge in [0.25, 0.3) is 0 Å². The minimum Gasteiger partial charge on any atom is -0.481 e. The number of alkyl carbamates (subject to hydrolysis) is 1. The van der Waals surface area contributed by atoms with Crippen LogP contribution in [0.25, 0.3) is 11.1 Å². The van der Waals surface area contributed by atoms with Crippen molar-refractivity contribution in [1.29, 1.82) is 0 Å². The number of rotatable bonds is 7. The normalized spacial score (nSPS) is 20.0. The van der Waals surface area contributed by atoms with Gasteiger partial charge in [-0.25, -0.2) is 4.79 Å². The number of nitrogens with one attached hydrogen (secondary N) is 2. The summed E-state index contributed by atoms with van der Waals surface area (Å²) < 4.78 is 5.47. The molecule has 2 aliphatic rings. The Hall–Kier alpha value is -3.35. The van der Waals surface area contributed by atoms with E-state index in [1.54, 1.807) is 6.92 Å². The van der Waals surface area contributed by atoms with Gasteiger partial charge in [-0.15, -0.1) is 0 Å². The number of benzene rings is 2. The minimum absolute atomic E-state index is 0.0383. The maximum Gasteiger partial charge on any atom is 0.407 e. The first-order chi connectivity index (χ1) is 14.9. The standard InChI is InChI=1S/C24H26N2O5/c1-14(23(29)26-16-10-15(11-16)12-22(27)28)25-24(30)31-13-21-19-8-4-2-6-17(19)18-7-3-5-9-20(18)21/h2-9,14-16,21H,10-13H2,1H3,(H,25,30)(H,26,29)(H,27,28)/t14-,15?,16?/m0/s1. The van der Waals surface area contributed by atoms with Gasteiger partial charge in [0.1, 0.15) is 12.6 Å². The van der Waals surface area contributed by atoms with Gasteiger partial charge in [-0.3, -0.25) is 9.59 Å². The van der Waals surface area contributed by atoms with Gasteiger partial charge in [0, 0.05) is 18.4 Å². The monoisotopic (exact) mass is 422 g/mol. The van der Waals surface area contributed by atoms with Crippen LogP contribution in [-0.4, -0.2) is 41.8 Å². The lowest BCUT2D eigenvalue weighted by molar-refractivity contribution is -0.139. The molecule has 1 atom stereocenters. The number of carbonyl (C=O) groups is 3. The zero-order chi connectivity index (χ0) is 22.0. The number of carboxylic acid groups (broad SMARTS) is 1. The summed E-state index contributed by atoms with van der Waals surface area (Å²) in [6, 6.07) is 15.4. The Bertz CT molecular complexity index is 953. The highest BCUT2D eigenvalue weighted by Crippen LogP contribution is 2.44. The van der Waals surface area contributed by atoms with Crippen LogP contribution in [0.4, 0.5) is 4.79 Å². The number of carbonyl (C=O) groups excluding carboxylic acids is 2. The van der Waals surface area contributed by atoms with Crippen molar-refractivity contribution < 1.29 is 24.2 Å². The van der Waals surface area contributed by atoms with Crippen molar-refractivity contribution in [2.24, 2.45) is 5.92 Å². The van der Waals surface area contributed by atoms with E-state index in [9.17, 15) is 14.4 Å². The number of hydrogen-bond donors (Lipinski definition) is 3. The van der Waals surface area contributed by atoms with Gasteiger partial charge in [-0.2, -0.15) is 0 Å². The van der Waals surface area contributed by atoms with E-state index < -0.39 is 18.1 Å². The van der Waals surface area contributed by atoms with Crippen LogP contribution < -0.4 is 10.6 Å². The highest BCUT2D eigenvalue weighted by molar-refractivity contribution is 5.85. The van der Waals surface area contributed by atoms with Crippen molar-refractivity contribution >= 4 is 18.0 Å². The number of fused-ring (bicyclic) bond motifs is 3. The molecule has 0 radical (unpaired) electrons. The molecule has 0 spiro atoms. The van der Waals surface area contributed by atoms with E-state index in [2.05, 4.69) is 22.8 Å². The van der Waals surface area contributed by atoms with Gasteiger partial charge >= 0.3 is 12.1 Å². The third-order valence-electron chi connectivity index (χ3n) is 6.12. The lowest BCUT2D eigenvalue weighted by Gasteiger charge is -2.35. The van der Waals surface area contributed by atoms with Gasteiger partial charge in [-0.05, 0) is 47.9 Å². The Morgan fingerprint density at radius 3 is 2.19 bits per heavy atom. The average Bonchev–Trinajstić information content (AvgIpc) is 3.04. The zero-order valence-electron chi connectivity index (χ0n) is 17.3. The van der Waals surface area contributed by atoms with Crippen LogP contribution in [0, 0.1) is 5.92 Å². The predicted molar refractivity (Wildman–Crippen MR) is 115 cm³/mol. The summed E-state index contributed by atoms with van der Waals surface area (Å²) in [5, 5.41) is 14.2. The molecular formula is C24H26N2O5. The maximum atomic E-state index is 12.3. The molecule has 0 saturated heterocycles. The van der Waals surface area contributed by atoms with E-state index in [0.29, 0.717) is 12.8 Å². The highest BCUT2D eigenvalue weighted by atomic mass is 16.5. The number of ether oxygens (including phenoxy) is 1. The first-order valence-corrected chi connectivity index (χ1v) is 10.6. The summed E-state index contributed by atoms with van der Waals surface area (Å²) in [7, 11) is 0. The van der Waals surface area contributed by atoms with E-state index in [0.717, 1.165) is 22.3 Å². The third-order valence-corrected chi connectivity index (χ3v) is 6.12. The van der Waals surface area contributed by atoms with Crippen LogP contribution >= 0.6 is 0 Å². The number of amides is 2. The summed E-state index contributed by atoms with van der Waals surface area (Å²) in [4.78, 5) is 35.3. The molecule has 2 aromatic rings. The molecular weight excluding hydrogens is 396 g/mol. The van der Waals surface area contributed by atoms with Gasteiger partial charge < -0.3 is 20.5 Å². The Balaban J connectivity index is 1.27. The van der Waals surface area contributed by atoms with Gasteiger partial charge in [0.05, 0.1) is 0 Å². The number of hydrogen-bond acceptors (Lipinski definition) is 4. The Kier molecular flexibility index (Phi) is 5.93. The van der Waals surface area contributed by atoms with Crippen molar-refractivity contribution in [2.45, 2.75) is 44.2 Å². The van der Waals surface area contributed by atoms with Crippen LogP contribution in [0.1, 0.15) is 43.2 Å². The molecule has 0 aliphatic heterocycles. The van der Waals surface area contributed by atoms with Crippen LogP contribution in [0.2, 0.25) is 0 Å². The first kappa shape index (κ1) is 20.9. The highest BCUT2D eigenvalue weighted by Gasteiger charge is 2.33. The molecule has 7 nitrogen and oxygen atoms in total. The topological polar surface area (TPSA) is 105 Å². The molecule has 0 heterocycles. The van der Waals surface area contributed by atoms with Crippen molar-refractivity contribution in [3.63, 3.8) is 0 Å². The molecule has 0 unspecified atom stereocenters. The SMILES string of the molecule is C[C@H](NC(=O)OCC1c2ccccc2-c2ccccc21)C(=O)NC1CC(CC(=O)O)C1. The number of aliphatic carboxylic acids is 1. The van der Waals surface area contributed by atoms with Crippen molar-refractivity contribution in [3.8, 4) is 11.1 Å². The summed E-state index contributed by atoms with van der Waals surface area (Å²) >= 11 is 0. The van der Waals surface area contributed by atoms with Crippen LogP contribution in [-0.2, 0) is 14.3 Å². The second-order valence-electron chi connectivity index (χ2n) is 8.33. The van der Waals surface area contributed by atoms with Crippen molar-refractivity contribution in [1.82, 2.24) is 10.6 Å². The quantitative estimate of drug-likeness (QED) is 0.635. The predicted octanol–water partition coefficient (Wildman–Crippen LogP) is 3.28. The lowest BCUT2D eigenvalue weighted by atomic mass is 9.78. The van der Waals surface area contributed by atoms with Gasteiger partial charge in [-0.1, -0.05) is 48.5 Å². The second kappa shape index (κ2) is 8.79. The molecule has 1 saturated carbocycles.